The maximum Gasteiger partial charge on any atom is 0.309 e. The molecule has 116 valence electrons. The zero-order valence-corrected chi connectivity index (χ0v) is 12.9. The second-order valence-electron chi connectivity index (χ2n) is 8.00. The third kappa shape index (κ3) is 1.51. The fraction of sp³-hybridized carbons (Fsp3) is 0.588. The molecule has 3 saturated carbocycles. The maximum absolute atomic E-state index is 12.9. The number of carboxylic acids is 1. The quantitative estimate of drug-likeness (QED) is 0.929. The Morgan fingerprint density at radius 2 is 1.77 bits per heavy atom. The minimum atomic E-state index is -0.739. The summed E-state index contributed by atoms with van der Waals surface area (Å²) >= 11 is 0. The minimum Gasteiger partial charge on any atom is -0.481 e. The predicted molar refractivity (Wildman–Crippen MR) is 78.8 cm³/mol. The second kappa shape index (κ2) is 3.89. The smallest absolute Gasteiger partial charge is 0.309 e. The van der Waals surface area contributed by atoms with Crippen LogP contribution in [0, 0.1) is 16.2 Å². The van der Waals surface area contributed by atoms with Crippen molar-refractivity contribution in [2.75, 3.05) is 6.54 Å². The normalized spacial score (nSPS) is 37.5. The van der Waals surface area contributed by atoms with Crippen LogP contribution in [0.2, 0.25) is 0 Å². The first-order valence-electron chi connectivity index (χ1n) is 7.74. The van der Waals surface area contributed by atoms with E-state index in [1.807, 2.05) is 17.0 Å². The van der Waals surface area contributed by atoms with E-state index in [9.17, 15) is 14.7 Å². The lowest BCUT2D eigenvalue weighted by Gasteiger charge is -2.69. The lowest BCUT2D eigenvalue weighted by atomic mass is 9.34. The second-order valence-corrected chi connectivity index (χ2v) is 8.00. The molecule has 5 nitrogen and oxygen atoms in total. The molecule has 4 aliphatic rings. The molecule has 4 fully saturated rings. The topological polar surface area (TPSA) is 70.5 Å². The molecule has 0 radical (unpaired) electrons. The van der Waals surface area contributed by atoms with Crippen molar-refractivity contribution in [3.8, 4) is 0 Å². The summed E-state index contributed by atoms with van der Waals surface area (Å²) in [6, 6.07) is 4.00. The Kier molecular flexibility index (Phi) is 2.43. The number of aliphatic carboxylic acids is 1. The van der Waals surface area contributed by atoms with Crippen LogP contribution in [-0.4, -0.2) is 33.4 Å². The Hall–Kier alpha value is -1.91. The Bertz CT molecular complexity index is 648. The summed E-state index contributed by atoms with van der Waals surface area (Å²) in [6.45, 7) is 5.08. The molecule has 1 unspecified atom stereocenters. The SMILES string of the molecule is CC1(C)CN(C(=O)C23CC(C(=O)O)(C2)C3)C1c1ccncc1. The number of rotatable bonds is 3. The molecule has 1 aliphatic heterocycles. The fourth-order valence-electron chi connectivity index (χ4n) is 4.84. The zero-order chi connectivity index (χ0) is 15.8. The van der Waals surface area contributed by atoms with E-state index in [1.165, 1.54) is 0 Å². The van der Waals surface area contributed by atoms with Crippen molar-refractivity contribution >= 4 is 11.9 Å². The lowest BCUT2D eigenvalue weighted by Crippen LogP contribution is -2.73. The maximum atomic E-state index is 12.9. The molecule has 3 aliphatic carbocycles. The van der Waals surface area contributed by atoms with E-state index in [0.29, 0.717) is 19.3 Å². The van der Waals surface area contributed by atoms with Crippen LogP contribution in [0.25, 0.3) is 0 Å². The first-order chi connectivity index (χ1) is 10.3. The Balaban J connectivity index is 1.55. The molecule has 1 amide bonds. The monoisotopic (exact) mass is 300 g/mol. The number of amides is 1. The summed E-state index contributed by atoms with van der Waals surface area (Å²) < 4.78 is 0. The molecule has 1 N–H and O–H groups in total. The van der Waals surface area contributed by atoms with Crippen molar-refractivity contribution in [2.24, 2.45) is 16.2 Å². The van der Waals surface area contributed by atoms with Gasteiger partial charge in [-0.25, -0.2) is 0 Å². The van der Waals surface area contributed by atoms with Crippen molar-refractivity contribution in [2.45, 2.75) is 39.2 Å². The van der Waals surface area contributed by atoms with Gasteiger partial charge in [0.05, 0.1) is 16.9 Å². The number of nitrogens with zero attached hydrogens (tertiary/aromatic N) is 2. The van der Waals surface area contributed by atoms with Gasteiger partial charge in [-0.05, 0) is 37.0 Å². The summed E-state index contributed by atoms with van der Waals surface area (Å²) in [6.07, 6.45) is 5.08. The molecule has 0 aromatic carbocycles. The van der Waals surface area contributed by atoms with Crippen LogP contribution < -0.4 is 0 Å². The molecule has 2 bridgehead atoms. The summed E-state index contributed by atoms with van der Waals surface area (Å²) in [4.78, 5) is 30.1. The molecule has 1 atom stereocenters. The van der Waals surface area contributed by atoms with Gasteiger partial charge in [0.15, 0.2) is 0 Å². The van der Waals surface area contributed by atoms with Crippen LogP contribution in [0.15, 0.2) is 24.5 Å². The average molecular weight is 300 g/mol. The summed E-state index contributed by atoms with van der Waals surface area (Å²) in [7, 11) is 0. The first-order valence-corrected chi connectivity index (χ1v) is 7.74. The van der Waals surface area contributed by atoms with Gasteiger partial charge in [-0.1, -0.05) is 13.8 Å². The Labute approximate surface area is 129 Å². The molecular formula is C17H20N2O3. The summed E-state index contributed by atoms with van der Waals surface area (Å²) in [5, 5.41) is 9.22. The van der Waals surface area contributed by atoms with Crippen molar-refractivity contribution in [1.29, 1.82) is 0 Å². The molecular weight excluding hydrogens is 280 g/mol. The number of likely N-dealkylation sites (tertiary alicyclic amines) is 1. The van der Waals surface area contributed by atoms with Gasteiger partial charge >= 0.3 is 5.97 Å². The Morgan fingerprint density at radius 3 is 2.27 bits per heavy atom. The molecule has 5 heteroatoms. The van der Waals surface area contributed by atoms with E-state index < -0.39 is 11.4 Å². The van der Waals surface area contributed by atoms with Crippen molar-refractivity contribution < 1.29 is 14.7 Å². The molecule has 5 rings (SSSR count). The number of carbonyl (C=O) groups excluding carboxylic acids is 1. The first kappa shape index (κ1) is 13.7. The van der Waals surface area contributed by atoms with E-state index >= 15 is 0 Å². The van der Waals surface area contributed by atoms with Crippen LogP contribution >= 0.6 is 0 Å². The van der Waals surface area contributed by atoms with Gasteiger partial charge in [0.25, 0.3) is 0 Å². The number of hydrogen-bond acceptors (Lipinski definition) is 3. The number of carbonyl (C=O) groups is 2. The van der Waals surface area contributed by atoms with E-state index in [0.717, 1.165) is 12.1 Å². The molecule has 2 heterocycles. The highest BCUT2D eigenvalue weighted by molar-refractivity contribution is 5.94. The predicted octanol–water partition coefficient (Wildman–Crippen LogP) is 2.25. The van der Waals surface area contributed by atoms with Gasteiger partial charge in [-0.3, -0.25) is 14.6 Å². The van der Waals surface area contributed by atoms with E-state index in [4.69, 9.17) is 0 Å². The number of hydrogen-bond donors (Lipinski definition) is 1. The number of aromatic nitrogens is 1. The van der Waals surface area contributed by atoms with E-state index in [-0.39, 0.29) is 22.8 Å². The molecule has 1 aromatic rings. The molecule has 1 aromatic heterocycles. The van der Waals surface area contributed by atoms with Crippen LogP contribution in [0.5, 0.6) is 0 Å². The van der Waals surface area contributed by atoms with Crippen molar-refractivity contribution in [3.63, 3.8) is 0 Å². The van der Waals surface area contributed by atoms with Gasteiger partial charge in [0.2, 0.25) is 5.91 Å². The number of pyridine rings is 1. The minimum absolute atomic E-state index is 0.0467. The zero-order valence-electron chi connectivity index (χ0n) is 12.9. The van der Waals surface area contributed by atoms with Crippen LogP contribution in [0.4, 0.5) is 0 Å². The van der Waals surface area contributed by atoms with Gasteiger partial charge < -0.3 is 10.0 Å². The van der Waals surface area contributed by atoms with Gasteiger partial charge in [0, 0.05) is 24.4 Å². The van der Waals surface area contributed by atoms with Gasteiger partial charge in [-0.2, -0.15) is 0 Å². The largest absolute Gasteiger partial charge is 0.481 e. The molecule has 1 saturated heterocycles. The summed E-state index contributed by atoms with van der Waals surface area (Å²) in [5.74, 6) is -0.589. The van der Waals surface area contributed by atoms with Crippen LogP contribution in [0.3, 0.4) is 0 Å². The molecule has 22 heavy (non-hydrogen) atoms. The highest BCUT2D eigenvalue weighted by Gasteiger charge is 2.76. The summed E-state index contributed by atoms with van der Waals surface area (Å²) in [5.41, 5.74) is 0.173. The van der Waals surface area contributed by atoms with E-state index in [1.54, 1.807) is 12.4 Å². The van der Waals surface area contributed by atoms with Crippen LogP contribution in [-0.2, 0) is 9.59 Å². The van der Waals surface area contributed by atoms with Gasteiger partial charge in [-0.15, -0.1) is 0 Å². The third-order valence-corrected chi connectivity index (χ3v) is 5.85. The number of carboxylic acid groups (broad SMARTS) is 1. The van der Waals surface area contributed by atoms with Crippen LogP contribution in [0.1, 0.15) is 44.7 Å². The highest BCUT2D eigenvalue weighted by Crippen LogP contribution is 2.74. The lowest BCUT2D eigenvalue weighted by molar-refractivity contribution is -0.235. The van der Waals surface area contributed by atoms with Crippen molar-refractivity contribution in [3.05, 3.63) is 30.1 Å². The third-order valence-electron chi connectivity index (χ3n) is 5.85. The van der Waals surface area contributed by atoms with Gasteiger partial charge in [0.1, 0.15) is 0 Å². The highest BCUT2D eigenvalue weighted by atomic mass is 16.4. The fourth-order valence-corrected chi connectivity index (χ4v) is 4.84. The van der Waals surface area contributed by atoms with E-state index in [2.05, 4.69) is 18.8 Å². The molecule has 0 spiro atoms. The van der Waals surface area contributed by atoms with Crippen molar-refractivity contribution in [1.82, 2.24) is 9.88 Å². The average Bonchev–Trinajstić information content (AvgIpc) is 2.33. The standard InChI is InChI=1S/C17H20N2O3/c1-15(2)10-19(12(15)11-3-5-18-6-4-11)13(20)16-7-17(8-16,9-16)14(21)22/h3-6,12H,7-10H2,1-2H3,(H,21,22). The Morgan fingerprint density at radius 1 is 1.18 bits per heavy atom.